The standard InChI is InChI=1S/C13H10BN3O3/c15-6-8-1-4-12(17-13(8)18)16-10-2-3-11-9(5-10)7-20-14(11)19/h1-5,19H,7H2,(H2,16,17,18). The third-order valence-electron chi connectivity index (χ3n) is 3.11. The Morgan fingerprint density at radius 3 is 3.00 bits per heavy atom. The van der Waals surface area contributed by atoms with Crippen LogP contribution in [0.4, 0.5) is 11.5 Å². The number of rotatable bonds is 2. The largest absolute Gasteiger partial charge is 0.491 e. The highest BCUT2D eigenvalue weighted by Gasteiger charge is 2.26. The van der Waals surface area contributed by atoms with Crippen molar-refractivity contribution >= 4 is 24.1 Å². The molecular formula is C13H10BN3O3. The molecule has 7 heteroatoms. The van der Waals surface area contributed by atoms with Gasteiger partial charge < -0.3 is 20.0 Å². The summed E-state index contributed by atoms with van der Waals surface area (Å²) in [6.45, 7) is 0.357. The van der Waals surface area contributed by atoms with Crippen molar-refractivity contribution in [3.05, 3.63) is 51.8 Å². The Morgan fingerprint density at radius 2 is 2.25 bits per heavy atom. The van der Waals surface area contributed by atoms with Crippen LogP contribution in [0.25, 0.3) is 0 Å². The zero-order valence-electron chi connectivity index (χ0n) is 10.4. The summed E-state index contributed by atoms with van der Waals surface area (Å²) in [5.41, 5.74) is 2.06. The van der Waals surface area contributed by atoms with Crippen molar-refractivity contribution in [1.82, 2.24) is 4.98 Å². The molecular weight excluding hydrogens is 257 g/mol. The van der Waals surface area contributed by atoms with Crippen LogP contribution in [-0.4, -0.2) is 17.1 Å². The van der Waals surface area contributed by atoms with E-state index >= 15 is 0 Å². The highest BCUT2D eigenvalue weighted by Crippen LogP contribution is 2.18. The number of anilines is 2. The van der Waals surface area contributed by atoms with Crippen LogP contribution in [-0.2, 0) is 11.3 Å². The van der Waals surface area contributed by atoms with Gasteiger partial charge in [0.1, 0.15) is 17.5 Å². The fraction of sp³-hybridized carbons (Fsp3) is 0.0769. The lowest BCUT2D eigenvalue weighted by atomic mass is 9.79. The molecule has 0 unspecified atom stereocenters. The Bertz CT molecular complexity index is 766. The highest BCUT2D eigenvalue weighted by molar-refractivity contribution is 6.61. The SMILES string of the molecule is N#Cc1ccc(Nc2ccc3c(c2)COB3O)[nH]c1=O. The van der Waals surface area contributed by atoms with E-state index in [1.165, 1.54) is 6.07 Å². The zero-order chi connectivity index (χ0) is 14.1. The van der Waals surface area contributed by atoms with Crippen molar-refractivity contribution in [2.75, 3.05) is 5.32 Å². The first-order valence-corrected chi connectivity index (χ1v) is 6.00. The Kier molecular flexibility index (Phi) is 3.02. The van der Waals surface area contributed by atoms with E-state index < -0.39 is 12.7 Å². The number of aromatic amines is 1. The van der Waals surface area contributed by atoms with E-state index in [1.54, 1.807) is 18.2 Å². The van der Waals surface area contributed by atoms with Gasteiger partial charge in [0, 0.05) is 5.69 Å². The highest BCUT2D eigenvalue weighted by atomic mass is 16.5. The van der Waals surface area contributed by atoms with Gasteiger partial charge in [-0.05, 0) is 35.3 Å². The first-order valence-electron chi connectivity index (χ1n) is 6.00. The number of nitriles is 1. The molecule has 1 aliphatic rings. The van der Waals surface area contributed by atoms with E-state index in [0.717, 1.165) is 16.7 Å². The first-order chi connectivity index (χ1) is 9.67. The zero-order valence-corrected chi connectivity index (χ0v) is 10.4. The third kappa shape index (κ3) is 2.18. The third-order valence-corrected chi connectivity index (χ3v) is 3.11. The monoisotopic (exact) mass is 267 g/mol. The Labute approximate surface area is 114 Å². The van der Waals surface area contributed by atoms with Crippen LogP contribution in [0.3, 0.4) is 0 Å². The Morgan fingerprint density at radius 1 is 1.40 bits per heavy atom. The van der Waals surface area contributed by atoms with E-state index in [9.17, 15) is 9.82 Å². The van der Waals surface area contributed by atoms with Crippen molar-refractivity contribution < 1.29 is 9.68 Å². The quantitative estimate of drug-likeness (QED) is 0.675. The number of aromatic nitrogens is 1. The lowest BCUT2D eigenvalue weighted by molar-refractivity contribution is 0.275. The van der Waals surface area contributed by atoms with Crippen LogP contribution in [0.5, 0.6) is 0 Å². The van der Waals surface area contributed by atoms with E-state index in [-0.39, 0.29) is 5.56 Å². The molecule has 0 fully saturated rings. The molecule has 0 saturated carbocycles. The Balaban J connectivity index is 1.87. The molecule has 0 radical (unpaired) electrons. The van der Waals surface area contributed by atoms with Crippen molar-refractivity contribution in [2.24, 2.45) is 0 Å². The lowest BCUT2D eigenvalue weighted by Gasteiger charge is -2.07. The maximum absolute atomic E-state index is 11.5. The molecule has 0 spiro atoms. The molecule has 1 aromatic carbocycles. The van der Waals surface area contributed by atoms with Crippen LogP contribution in [0.2, 0.25) is 0 Å². The van der Waals surface area contributed by atoms with Crippen molar-refractivity contribution in [2.45, 2.75) is 6.61 Å². The summed E-state index contributed by atoms with van der Waals surface area (Å²) in [6, 6.07) is 10.3. The maximum Gasteiger partial charge on any atom is 0.491 e. The number of pyridine rings is 1. The molecule has 1 aliphatic heterocycles. The van der Waals surface area contributed by atoms with E-state index in [1.807, 2.05) is 12.1 Å². The average Bonchev–Trinajstić information content (AvgIpc) is 2.80. The van der Waals surface area contributed by atoms with Gasteiger partial charge >= 0.3 is 7.12 Å². The van der Waals surface area contributed by atoms with E-state index in [2.05, 4.69) is 10.3 Å². The minimum atomic E-state index is -0.867. The molecule has 3 rings (SSSR count). The predicted octanol–water partition coefficient (Wildman–Crippen LogP) is 0.208. The molecule has 2 heterocycles. The van der Waals surface area contributed by atoms with Crippen LogP contribution in [0.1, 0.15) is 11.1 Å². The number of hydrogen-bond donors (Lipinski definition) is 3. The van der Waals surface area contributed by atoms with Gasteiger partial charge in [0.2, 0.25) is 0 Å². The maximum atomic E-state index is 11.5. The molecule has 1 aromatic heterocycles. The van der Waals surface area contributed by atoms with Gasteiger partial charge in [-0.25, -0.2) is 0 Å². The second-order valence-electron chi connectivity index (χ2n) is 4.43. The predicted molar refractivity (Wildman–Crippen MR) is 73.9 cm³/mol. The molecule has 0 amide bonds. The van der Waals surface area contributed by atoms with Gasteiger partial charge in [0.05, 0.1) is 6.61 Å². The Hall–Kier alpha value is -2.56. The summed E-state index contributed by atoms with van der Waals surface area (Å²) in [5.74, 6) is 0.494. The molecule has 98 valence electrons. The van der Waals surface area contributed by atoms with Crippen molar-refractivity contribution in [3.8, 4) is 6.07 Å². The minimum Gasteiger partial charge on any atom is -0.423 e. The second-order valence-corrected chi connectivity index (χ2v) is 4.43. The van der Waals surface area contributed by atoms with Crippen LogP contribution < -0.4 is 16.3 Å². The summed E-state index contributed by atoms with van der Waals surface area (Å²) in [4.78, 5) is 14.1. The van der Waals surface area contributed by atoms with Gasteiger partial charge in [0.25, 0.3) is 5.56 Å². The van der Waals surface area contributed by atoms with Crippen LogP contribution >= 0.6 is 0 Å². The van der Waals surface area contributed by atoms with Gasteiger partial charge in [-0.3, -0.25) is 4.79 Å². The molecule has 3 N–H and O–H groups in total. The number of nitrogens with zero attached hydrogens (tertiary/aromatic N) is 1. The summed E-state index contributed by atoms with van der Waals surface area (Å²) in [6.07, 6.45) is 0. The number of benzene rings is 1. The summed E-state index contributed by atoms with van der Waals surface area (Å²) >= 11 is 0. The van der Waals surface area contributed by atoms with Gasteiger partial charge in [0.15, 0.2) is 0 Å². The summed E-state index contributed by atoms with van der Waals surface area (Å²) in [7, 11) is -0.867. The number of H-pyrrole nitrogens is 1. The summed E-state index contributed by atoms with van der Waals surface area (Å²) < 4.78 is 5.11. The molecule has 0 atom stereocenters. The van der Waals surface area contributed by atoms with Crippen molar-refractivity contribution in [3.63, 3.8) is 0 Å². The normalized spacial score (nSPS) is 12.9. The molecule has 0 aliphatic carbocycles. The van der Waals surface area contributed by atoms with Gasteiger partial charge in [-0.1, -0.05) is 6.07 Å². The van der Waals surface area contributed by atoms with Crippen LogP contribution in [0.15, 0.2) is 35.1 Å². The van der Waals surface area contributed by atoms with Crippen LogP contribution in [0, 0.1) is 11.3 Å². The van der Waals surface area contributed by atoms with E-state index in [0.29, 0.717) is 12.4 Å². The molecule has 2 aromatic rings. The molecule has 20 heavy (non-hydrogen) atoms. The fourth-order valence-electron chi connectivity index (χ4n) is 2.10. The first kappa shape index (κ1) is 12.5. The van der Waals surface area contributed by atoms with Crippen molar-refractivity contribution in [1.29, 1.82) is 5.26 Å². The van der Waals surface area contributed by atoms with Gasteiger partial charge in [-0.15, -0.1) is 0 Å². The van der Waals surface area contributed by atoms with E-state index in [4.69, 9.17) is 9.92 Å². The smallest absolute Gasteiger partial charge is 0.423 e. The number of hydrogen-bond acceptors (Lipinski definition) is 5. The fourth-order valence-corrected chi connectivity index (χ4v) is 2.10. The second kappa shape index (κ2) is 4.85. The summed E-state index contributed by atoms with van der Waals surface area (Å²) in [5, 5.41) is 21.3. The number of nitrogens with one attached hydrogen (secondary N) is 2. The minimum absolute atomic E-state index is 0.0704. The number of fused-ring (bicyclic) bond motifs is 1. The lowest BCUT2D eigenvalue weighted by Crippen LogP contribution is -2.27. The van der Waals surface area contributed by atoms with Gasteiger partial charge in [-0.2, -0.15) is 5.26 Å². The topological polar surface area (TPSA) is 98.1 Å². The molecule has 6 nitrogen and oxygen atoms in total. The average molecular weight is 267 g/mol. The molecule has 0 saturated heterocycles. The molecule has 0 bridgehead atoms.